The fourth-order valence-electron chi connectivity index (χ4n) is 3.76. The van der Waals surface area contributed by atoms with Gasteiger partial charge in [-0.3, -0.25) is 4.79 Å². The van der Waals surface area contributed by atoms with Crippen LogP contribution in [-0.4, -0.2) is 73.0 Å². The van der Waals surface area contributed by atoms with Crippen LogP contribution in [0.5, 0.6) is 5.75 Å². The molecule has 3 rings (SSSR count). The zero-order chi connectivity index (χ0) is 18.7. The van der Waals surface area contributed by atoms with E-state index in [1.54, 1.807) is 7.11 Å². The third-order valence-corrected chi connectivity index (χ3v) is 5.53. The van der Waals surface area contributed by atoms with Gasteiger partial charge < -0.3 is 19.4 Å². The minimum Gasteiger partial charge on any atom is -0.497 e. The summed E-state index contributed by atoms with van der Waals surface area (Å²) in [6.45, 7) is 7.94. The molecular formula is C20H29N3O3. The Hall–Kier alpha value is -2.24. The monoisotopic (exact) mass is 359 g/mol. The van der Waals surface area contributed by atoms with Gasteiger partial charge in [-0.15, -0.1) is 0 Å². The average molecular weight is 359 g/mol. The second-order valence-corrected chi connectivity index (χ2v) is 6.99. The molecule has 1 saturated carbocycles. The van der Waals surface area contributed by atoms with Gasteiger partial charge in [0.1, 0.15) is 5.75 Å². The molecule has 1 aromatic carbocycles. The Morgan fingerprint density at radius 1 is 1.12 bits per heavy atom. The molecule has 2 aliphatic rings. The van der Waals surface area contributed by atoms with E-state index in [-0.39, 0.29) is 17.9 Å². The molecule has 0 radical (unpaired) electrons. The maximum atomic E-state index is 12.8. The lowest BCUT2D eigenvalue weighted by atomic mass is 10.1. The topological polar surface area (TPSA) is 53.1 Å². The number of rotatable bonds is 5. The highest BCUT2D eigenvalue weighted by molar-refractivity contribution is 5.83. The van der Waals surface area contributed by atoms with E-state index >= 15 is 0 Å². The normalized spacial score (nSPS) is 22.1. The molecule has 1 saturated heterocycles. The largest absolute Gasteiger partial charge is 0.497 e. The van der Waals surface area contributed by atoms with E-state index in [0.717, 1.165) is 25.3 Å². The van der Waals surface area contributed by atoms with Crippen LogP contribution in [0.1, 0.15) is 31.7 Å². The van der Waals surface area contributed by atoms with E-state index in [2.05, 4.69) is 6.07 Å². The van der Waals surface area contributed by atoms with Crippen molar-refractivity contribution in [2.24, 2.45) is 5.92 Å². The van der Waals surface area contributed by atoms with E-state index in [9.17, 15) is 9.59 Å². The SMILES string of the molecule is CCN(CC)C(=O)N1CCN(C(=O)[C@@H]2C[C@H]2c2cccc(OC)c2)CC1. The van der Waals surface area contributed by atoms with Crippen LogP contribution in [0.3, 0.4) is 0 Å². The zero-order valence-corrected chi connectivity index (χ0v) is 16.0. The quantitative estimate of drug-likeness (QED) is 0.811. The van der Waals surface area contributed by atoms with E-state index in [1.165, 1.54) is 5.56 Å². The van der Waals surface area contributed by atoms with Crippen LogP contribution in [0.2, 0.25) is 0 Å². The van der Waals surface area contributed by atoms with Crippen LogP contribution in [-0.2, 0) is 4.79 Å². The van der Waals surface area contributed by atoms with Gasteiger partial charge in [-0.1, -0.05) is 12.1 Å². The number of methoxy groups -OCH3 is 1. The molecular weight excluding hydrogens is 330 g/mol. The van der Waals surface area contributed by atoms with Crippen LogP contribution in [0, 0.1) is 5.92 Å². The molecule has 0 spiro atoms. The number of carbonyl (C=O) groups is 2. The molecule has 1 aliphatic carbocycles. The number of nitrogens with zero attached hydrogens (tertiary/aromatic N) is 3. The van der Waals surface area contributed by atoms with E-state index in [4.69, 9.17) is 4.74 Å². The first kappa shape index (κ1) is 18.5. The highest BCUT2D eigenvalue weighted by Gasteiger charge is 2.46. The fourth-order valence-corrected chi connectivity index (χ4v) is 3.76. The lowest BCUT2D eigenvalue weighted by molar-refractivity contribution is -0.134. The molecule has 1 aliphatic heterocycles. The smallest absolute Gasteiger partial charge is 0.320 e. The molecule has 0 unspecified atom stereocenters. The summed E-state index contributed by atoms with van der Waals surface area (Å²) in [5, 5.41) is 0. The fraction of sp³-hybridized carbons (Fsp3) is 0.600. The molecule has 2 fully saturated rings. The van der Waals surface area contributed by atoms with Crippen molar-refractivity contribution in [1.82, 2.24) is 14.7 Å². The molecule has 142 valence electrons. The Labute approximate surface area is 155 Å². The van der Waals surface area contributed by atoms with E-state index in [1.807, 2.05) is 46.7 Å². The maximum absolute atomic E-state index is 12.8. The van der Waals surface area contributed by atoms with Crippen LogP contribution in [0.4, 0.5) is 4.79 Å². The molecule has 1 aromatic rings. The van der Waals surface area contributed by atoms with E-state index in [0.29, 0.717) is 32.1 Å². The van der Waals surface area contributed by atoms with Gasteiger partial charge in [0.15, 0.2) is 0 Å². The highest BCUT2D eigenvalue weighted by Crippen LogP contribution is 2.49. The average Bonchev–Trinajstić information content (AvgIpc) is 3.49. The van der Waals surface area contributed by atoms with Crippen molar-refractivity contribution in [1.29, 1.82) is 0 Å². The van der Waals surface area contributed by atoms with E-state index < -0.39 is 0 Å². The van der Waals surface area contributed by atoms with Crippen LogP contribution in [0.25, 0.3) is 0 Å². The van der Waals surface area contributed by atoms with Crippen molar-refractivity contribution in [2.75, 3.05) is 46.4 Å². The van der Waals surface area contributed by atoms with Crippen LogP contribution >= 0.6 is 0 Å². The number of benzene rings is 1. The minimum atomic E-state index is 0.0761. The molecule has 26 heavy (non-hydrogen) atoms. The molecule has 0 bridgehead atoms. The third kappa shape index (κ3) is 3.79. The number of amides is 3. The summed E-state index contributed by atoms with van der Waals surface area (Å²) in [5.74, 6) is 1.44. The predicted molar refractivity (Wildman–Crippen MR) is 100 cm³/mol. The van der Waals surface area contributed by atoms with Crippen molar-refractivity contribution in [3.63, 3.8) is 0 Å². The van der Waals surface area contributed by atoms with Gasteiger partial charge in [-0.2, -0.15) is 0 Å². The Balaban J connectivity index is 1.52. The molecule has 6 heteroatoms. The predicted octanol–water partition coefficient (Wildman–Crippen LogP) is 2.40. The number of ether oxygens (including phenoxy) is 1. The second-order valence-electron chi connectivity index (χ2n) is 6.99. The van der Waals surface area contributed by atoms with Crippen molar-refractivity contribution in [3.05, 3.63) is 29.8 Å². The first-order valence-corrected chi connectivity index (χ1v) is 9.55. The van der Waals surface area contributed by atoms with Gasteiger partial charge in [0.2, 0.25) is 5.91 Å². The Kier molecular flexibility index (Phi) is 5.69. The lowest BCUT2D eigenvalue weighted by Crippen LogP contribution is -2.54. The van der Waals surface area contributed by atoms with Gasteiger partial charge in [-0.25, -0.2) is 4.79 Å². The second kappa shape index (κ2) is 7.98. The number of urea groups is 1. The Bertz CT molecular complexity index is 651. The summed E-state index contributed by atoms with van der Waals surface area (Å²) < 4.78 is 5.28. The summed E-state index contributed by atoms with van der Waals surface area (Å²) in [4.78, 5) is 30.8. The number of hydrogen-bond donors (Lipinski definition) is 0. The summed E-state index contributed by atoms with van der Waals surface area (Å²) in [7, 11) is 1.66. The van der Waals surface area contributed by atoms with Gasteiger partial charge >= 0.3 is 6.03 Å². The highest BCUT2D eigenvalue weighted by atomic mass is 16.5. The molecule has 1 heterocycles. The van der Waals surface area contributed by atoms with Crippen LogP contribution in [0.15, 0.2) is 24.3 Å². The molecule has 0 aromatic heterocycles. The molecule has 2 atom stereocenters. The van der Waals surface area contributed by atoms with Crippen molar-refractivity contribution < 1.29 is 14.3 Å². The molecule has 6 nitrogen and oxygen atoms in total. The van der Waals surface area contributed by atoms with Gasteiger partial charge in [-0.05, 0) is 43.9 Å². The van der Waals surface area contributed by atoms with Gasteiger partial charge in [0, 0.05) is 45.2 Å². The first-order valence-electron chi connectivity index (χ1n) is 9.55. The van der Waals surface area contributed by atoms with Crippen LogP contribution < -0.4 is 4.74 Å². The number of carbonyl (C=O) groups excluding carboxylic acids is 2. The Morgan fingerprint density at radius 3 is 2.38 bits per heavy atom. The summed E-state index contributed by atoms with van der Waals surface area (Å²) in [6, 6.07) is 8.09. The molecule has 0 N–H and O–H groups in total. The van der Waals surface area contributed by atoms with Gasteiger partial charge in [0.25, 0.3) is 0 Å². The summed E-state index contributed by atoms with van der Waals surface area (Å²) in [5.41, 5.74) is 1.18. The van der Waals surface area contributed by atoms with Crippen molar-refractivity contribution in [2.45, 2.75) is 26.2 Å². The number of piperazine rings is 1. The lowest BCUT2D eigenvalue weighted by Gasteiger charge is -2.37. The van der Waals surface area contributed by atoms with Crippen molar-refractivity contribution in [3.8, 4) is 5.75 Å². The zero-order valence-electron chi connectivity index (χ0n) is 16.0. The maximum Gasteiger partial charge on any atom is 0.320 e. The first-order chi connectivity index (χ1) is 12.6. The Morgan fingerprint density at radius 2 is 1.77 bits per heavy atom. The number of hydrogen-bond acceptors (Lipinski definition) is 3. The summed E-state index contributed by atoms with van der Waals surface area (Å²) in [6.07, 6.45) is 0.907. The molecule has 3 amide bonds. The summed E-state index contributed by atoms with van der Waals surface area (Å²) >= 11 is 0. The minimum absolute atomic E-state index is 0.0761. The third-order valence-electron chi connectivity index (χ3n) is 5.53. The van der Waals surface area contributed by atoms with Crippen molar-refractivity contribution >= 4 is 11.9 Å². The standard InChI is InChI=1S/C20H29N3O3/c1-4-21(5-2)20(25)23-11-9-22(10-12-23)19(24)18-14-17(18)15-7-6-8-16(13-15)26-3/h6-8,13,17-18H,4-5,9-12,14H2,1-3H3/t17-,18+/m0/s1. The van der Waals surface area contributed by atoms with Gasteiger partial charge in [0.05, 0.1) is 7.11 Å².